The Kier molecular flexibility index (Phi) is 6.41. The van der Waals surface area contributed by atoms with Crippen LogP contribution in [0.15, 0.2) is 24.5 Å². The van der Waals surface area contributed by atoms with E-state index in [0.29, 0.717) is 18.8 Å². The molecule has 2 N–H and O–H groups in total. The fourth-order valence-electron chi connectivity index (χ4n) is 1.72. The van der Waals surface area contributed by atoms with Gasteiger partial charge in [-0.15, -0.1) is 0 Å². The first-order valence-electron chi connectivity index (χ1n) is 6.43. The maximum Gasteiger partial charge on any atom is 0.212 e. The summed E-state index contributed by atoms with van der Waals surface area (Å²) in [5, 5.41) is 9.63. The number of rotatable bonds is 8. The van der Waals surface area contributed by atoms with Gasteiger partial charge in [-0.1, -0.05) is 13.8 Å². The van der Waals surface area contributed by atoms with E-state index >= 15 is 0 Å². The van der Waals surface area contributed by atoms with E-state index in [-0.39, 0.29) is 12.3 Å². The van der Waals surface area contributed by atoms with Crippen molar-refractivity contribution in [1.29, 1.82) is 0 Å². The fourth-order valence-corrected chi connectivity index (χ4v) is 2.82. The van der Waals surface area contributed by atoms with Crippen LogP contribution in [-0.4, -0.2) is 36.9 Å². The second kappa shape index (κ2) is 7.57. The summed E-state index contributed by atoms with van der Waals surface area (Å²) >= 11 is 0. The van der Waals surface area contributed by atoms with E-state index in [1.54, 1.807) is 24.5 Å². The van der Waals surface area contributed by atoms with Crippen LogP contribution >= 0.6 is 0 Å². The molecule has 0 spiro atoms. The van der Waals surface area contributed by atoms with Gasteiger partial charge in [-0.3, -0.25) is 4.98 Å². The Labute approximate surface area is 115 Å². The van der Waals surface area contributed by atoms with Crippen molar-refractivity contribution in [2.75, 3.05) is 12.3 Å². The minimum absolute atomic E-state index is 0.0193. The van der Waals surface area contributed by atoms with Crippen molar-refractivity contribution in [3.8, 4) is 0 Å². The van der Waals surface area contributed by atoms with Crippen molar-refractivity contribution in [1.82, 2.24) is 9.71 Å². The van der Waals surface area contributed by atoms with E-state index in [4.69, 9.17) is 0 Å². The molecule has 0 amide bonds. The van der Waals surface area contributed by atoms with E-state index in [2.05, 4.69) is 9.71 Å². The second-order valence-electron chi connectivity index (χ2n) is 5.06. The van der Waals surface area contributed by atoms with Gasteiger partial charge in [0.2, 0.25) is 10.0 Å². The number of hydrogen-bond donors (Lipinski definition) is 2. The molecule has 0 fully saturated rings. The lowest BCUT2D eigenvalue weighted by molar-refractivity contribution is 0.152. The Morgan fingerprint density at radius 3 is 2.53 bits per heavy atom. The van der Waals surface area contributed by atoms with Crippen LogP contribution in [0.5, 0.6) is 0 Å². The summed E-state index contributed by atoms with van der Waals surface area (Å²) < 4.78 is 26.0. The number of pyridine rings is 1. The summed E-state index contributed by atoms with van der Waals surface area (Å²) in [6.07, 6.45) is 3.69. The average molecular weight is 286 g/mol. The van der Waals surface area contributed by atoms with Crippen LogP contribution in [0, 0.1) is 5.92 Å². The third-order valence-corrected chi connectivity index (χ3v) is 4.04. The number of aryl methyl sites for hydroxylation is 1. The van der Waals surface area contributed by atoms with Crippen LogP contribution in [0.4, 0.5) is 0 Å². The Hall–Kier alpha value is -0.980. The summed E-state index contributed by atoms with van der Waals surface area (Å²) in [6.45, 7) is 4.05. The highest BCUT2D eigenvalue weighted by atomic mass is 32.2. The monoisotopic (exact) mass is 286 g/mol. The molecule has 0 aromatic carbocycles. The Morgan fingerprint density at radius 2 is 1.95 bits per heavy atom. The number of hydrogen-bond acceptors (Lipinski definition) is 4. The number of aliphatic hydroxyl groups is 1. The van der Waals surface area contributed by atoms with E-state index < -0.39 is 16.1 Å². The Bertz CT molecular complexity index is 460. The normalized spacial score (nSPS) is 13.7. The van der Waals surface area contributed by atoms with Crippen molar-refractivity contribution >= 4 is 10.0 Å². The van der Waals surface area contributed by atoms with Crippen molar-refractivity contribution in [3.63, 3.8) is 0 Å². The number of nitrogens with one attached hydrogen (secondary N) is 1. The largest absolute Gasteiger partial charge is 0.392 e. The van der Waals surface area contributed by atoms with Crippen LogP contribution < -0.4 is 4.72 Å². The van der Waals surface area contributed by atoms with E-state index in [1.165, 1.54) is 0 Å². The second-order valence-corrected chi connectivity index (χ2v) is 6.98. The zero-order valence-electron chi connectivity index (χ0n) is 11.4. The summed E-state index contributed by atoms with van der Waals surface area (Å²) in [5.74, 6) is 0.363. The Morgan fingerprint density at radius 1 is 1.32 bits per heavy atom. The van der Waals surface area contributed by atoms with E-state index in [0.717, 1.165) is 5.56 Å². The third kappa shape index (κ3) is 7.25. The van der Waals surface area contributed by atoms with Gasteiger partial charge in [0.15, 0.2) is 0 Å². The number of sulfonamides is 1. The van der Waals surface area contributed by atoms with Crippen LogP contribution in [0.1, 0.15) is 25.8 Å². The molecule has 1 aromatic rings. The highest BCUT2D eigenvalue weighted by molar-refractivity contribution is 7.89. The van der Waals surface area contributed by atoms with Crippen LogP contribution in [0.25, 0.3) is 0 Å². The molecule has 1 aromatic heterocycles. The predicted octanol–water partition coefficient (Wildman–Crippen LogP) is 0.950. The molecule has 0 aliphatic carbocycles. The zero-order valence-corrected chi connectivity index (χ0v) is 12.2. The first kappa shape index (κ1) is 16.1. The minimum atomic E-state index is -3.34. The molecule has 6 heteroatoms. The maximum atomic E-state index is 11.8. The molecule has 108 valence electrons. The highest BCUT2D eigenvalue weighted by Gasteiger charge is 2.14. The Balaban J connectivity index is 2.36. The first-order chi connectivity index (χ1) is 8.89. The van der Waals surface area contributed by atoms with E-state index in [9.17, 15) is 13.5 Å². The maximum absolute atomic E-state index is 11.8. The quantitative estimate of drug-likeness (QED) is 0.746. The number of nitrogens with zero attached hydrogens (tertiary/aromatic N) is 1. The molecule has 19 heavy (non-hydrogen) atoms. The van der Waals surface area contributed by atoms with Gasteiger partial charge in [0.25, 0.3) is 0 Å². The number of aromatic nitrogens is 1. The van der Waals surface area contributed by atoms with Gasteiger partial charge in [0, 0.05) is 18.9 Å². The lowest BCUT2D eigenvalue weighted by Gasteiger charge is -2.14. The zero-order chi connectivity index (χ0) is 14.3. The van der Waals surface area contributed by atoms with Crippen molar-refractivity contribution in [2.24, 2.45) is 5.92 Å². The molecule has 0 radical (unpaired) electrons. The molecule has 1 heterocycles. The van der Waals surface area contributed by atoms with Crippen molar-refractivity contribution in [2.45, 2.75) is 32.8 Å². The first-order valence-corrected chi connectivity index (χ1v) is 8.08. The molecule has 1 rings (SSSR count). The fraction of sp³-hybridized carbons (Fsp3) is 0.615. The SMILES string of the molecule is CC(C)CC(O)CNS(=O)(=O)CCc1ccncc1. The molecular weight excluding hydrogens is 264 g/mol. The summed E-state index contributed by atoms with van der Waals surface area (Å²) in [5.41, 5.74) is 0.933. The molecule has 1 atom stereocenters. The van der Waals surface area contributed by atoms with Gasteiger partial charge < -0.3 is 5.11 Å². The minimum Gasteiger partial charge on any atom is -0.392 e. The molecular formula is C13H22N2O3S. The van der Waals surface area contributed by atoms with Crippen LogP contribution in [-0.2, 0) is 16.4 Å². The molecule has 5 nitrogen and oxygen atoms in total. The van der Waals surface area contributed by atoms with Gasteiger partial charge in [0.05, 0.1) is 11.9 Å². The van der Waals surface area contributed by atoms with Crippen LogP contribution in [0.3, 0.4) is 0 Å². The van der Waals surface area contributed by atoms with Gasteiger partial charge in [0.1, 0.15) is 0 Å². The van der Waals surface area contributed by atoms with Crippen molar-refractivity contribution in [3.05, 3.63) is 30.1 Å². The highest BCUT2D eigenvalue weighted by Crippen LogP contribution is 2.04. The van der Waals surface area contributed by atoms with Crippen molar-refractivity contribution < 1.29 is 13.5 Å². The molecule has 0 saturated carbocycles. The molecule has 0 bridgehead atoms. The summed E-state index contributed by atoms with van der Waals surface area (Å²) in [6, 6.07) is 3.59. The average Bonchev–Trinajstić information content (AvgIpc) is 2.35. The summed E-state index contributed by atoms with van der Waals surface area (Å²) in [4.78, 5) is 3.88. The van der Waals surface area contributed by atoms with Gasteiger partial charge in [-0.05, 0) is 36.5 Å². The summed E-state index contributed by atoms with van der Waals surface area (Å²) in [7, 11) is -3.34. The van der Waals surface area contributed by atoms with Crippen LogP contribution in [0.2, 0.25) is 0 Å². The van der Waals surface area contributed by atoms with Gasteiger partial charge in [-0.25, -0.2) is 13.1 Å². The van der Waals surface area contributed by atoms with E-state index in [1.807, 2.05) is 13.8 Å². The van der Waals surface area contributed by atoms with Gasteiger partial charge in [-0.2, -0.15) is 0 Å². The molecule has 0 saturated heterocycles. The molecule has 0 aliphatic rings. The number of aliphatic hydroxyl groups excluding tert-OH is 1. The van der Waals surface area contributed by atoms with Gasteiger partial charge >= 0.3 is 0 Å². The smallest absolute Gasteiger partial charge is 0.212 e. The topological polar surface area (TPSA) is 79.3 Å². The third-order valence-electron chi connectivity index (χ3n) is 2.69. The molecule has 1 unspecified atom stereocenters. The lowest BCUT2D eigenvalue weighted by atomic mass is 10.1. The molecule has 0 aliphatic heterocycles. The lowest BCUT2D eigenvalue weighted by Crippen LogP contribution is -2.34. The predicted molar refractivity (Wildman–Crippen MR) is 75.2 cm³/mol. The standard InChI is InChI=1S/C13H22N2O3S/c1-11(2)9-13(16)10-15-19(17,18)8-5-12-3-6-14-7-4-12/h3-4,6-7,11,13,15-16H,5,8-10H2,1-2H3.